The summed E-state index contributed by atoms with van der Waals surface area (Å²) in [4.78, 5) is 16.6. The maximum atomic E-state index is 15.8. The number of β-amino-alcohol motifs (C(OH)–C–C–N with tert-alkyl or cyclic N) is 1. The number of amides is 1. The Morgan fingerprint density at radius 2 is 1.98 bits per heavy atom. The number of ether oxygens (including phenoxy) is 1. The Morgan fingerprint density at radius 1 is 1.23 bits per heavy atom. The largest absolute Gasteiger partial charge is 0.416 e. The topological polar surface area (TPSA) is 83.7 Å². The minimum atomic E-state index is -4.67. The van der Waals surface area contributed by atoms with Crippen LogP contribution in [0.15, 0.2) is 55.4 Å². The molecule has 210 valence electrons. The summed E-state index contributed by atoms with van der Waals surface area (Å²) in [6.45, 7) is 4.12. The molecule has 3 aliphatic rings. The fourth-order valence-electron chi connectivity index (χ4n) is 5.78. The third-order valence-electron chi connectivity index (χ3n) is 8.10. The lowest BCUT2D eigenvalue weighted by atomic mass is 9.74. The van der Waals surface area contributed by atoms with Gasteiger partial charge in [-0.1, -0.05) is 18.2 Å². The summed E-state index contributed by atoms with van der Waals surface area (Å²) in [6.07, 6.45) is -3.39. The normalized spacial score (nSPS) is 20.6. The van der Waals surface area contributed by atoms with Gasteiger partial charge in [-0.05, 0) is 41.0 Å². The molecule has 0 radical (unpaired) electrons. The van der Waals surface area contributed by atoms with Crippen LogP contribution in [0.1, 0.15) is 44.6 Å². The molecule has 0 unspecified atom stereocenters. The molecule has 3 aliphatic heterocycles. The number of nitrogens with zero attached hydrogens (tertiary/aromatic N) is 5. The van der Waals surface area contributed by atoms with E-state index in [0.717, 1.165) is 6.07 Å². The highest BCUT2D eigenvalue weighted by molar-refractivity contribution is 6.10. The molecule has 2 fully saturated rings. The maximum absolute atomic E-state index is 15.8. The fourth-order valence-corrected chi connectivity index (χ4v) is 5.78. The Hall–Kier alpha value is -3.61. The van der Waals surface area contributed by atoms with Crippen molar-refractivity contribution in [1.29, 1.82) is 0 Å². The lowest BCUT2D eigenvalue weighted by Gasteiger charge is -2.44. The summed E-state index contributed by atoms with van der Waals surface area (Å²) in [6, 6.07) is 9.21. The van der Waals surface area contributed by atoms with Crippen molar-refractivity contribution in [1.82, 2.24) is 19.7 Å². The zero-order valence-corrected chi connectivity index (χ0v) is 21.7. The van der Waals surface area contributed by atoms with Crippen molar-refractivity contribution >= 4 is 11.6 Å². The van der Waals surface area contributed by atoms with Gasteiger partial charge in [-0.25, -0.2) is 4.39 Å². The summed E-state index contributed by atoms with van der Waals surface area (Å²) in [5.74, 6) is -0.427. The first-order valence-corrected chi connectivity index (χ1v) is 12.7. The molecule has 6 rings (SSSR count). The second-order valence-electron chi connectivity index (χ2n) is 10.9. The molecule has 0 spiro atoms. The molecular formula is C28H27F4N5O3. The SMILES string of the molecule is C=CC1(O)CN(Cc2cc3c(c(C(F)(F)F)c2)CN(c2cccc(C4([C@H](F)c5nncn5C)COC4)c2)C3=O)C1. The summed E-state index contributed by atoms with van der Waals surface area (Å²) in [5.41, 5.74) is -1.85. The van der Waals surface area contributed by atoms with E-state index in [-0.39, 0.29) is 56.3 Å². The standard InChI is InChI=1S/C28H27F4N5O3/c1-3-26(39)12-36(13-26)10-17-7-20-21(22(8-17)28(30,31)32)11-37(25(20)38)19-6-4-5-18(9-19)27(14-40-15-27)23(29)24-34-33-16-35(24)2/h3-9,16,23,39H,1,10-15H2,2H3/t23-/m1/s1. The summed E-state index contributed by atoms with van der Waals surface area (Å²) in [5, 5.41) is 17.8. The van der Waals surface area contributed by atoms with Crippen molar-refractivity contribution in [3.8, 4) is 0 Å². The smallest absolute Gasteiger partial charge is 0.383 e. The number of halogens is 4. The number of hydrogen-bond donors (Lipinski definition) is 1. The van der Waals surface area contributed by atoms with E-state index in [9.17, 15) is 23.1 Å². The molecule has 1 N–H and O–H groups in total. The van der Waals surface area contributed by atoms with E-state index >= 15 is 4.39 Å². The number of hydrogen-bond acceptors (Lipinski definition) is 6. The molecule has 0 aliphatic carbocycles. The minimum absolute atomic E-state index is 0.0149. The number of aromatic nitrogens is 3. The monoisotopic (exact) mass is 557 g/mol. The van der Waals surface area contributed by atoms with Crippen LogP contribution in [0, 0.1) is 0 Å². The van der Waals surface area contributed by atoms with Crippen LogP contribution in [0.2, 0.25) is 0 Å². The van der Waals surface area contributed by atoms with Crippen molar-refractivity contribution in [3.05, 3.63) is 89.0 Å². The first kappa shape index (κ1) is 26.6. The van der Waals surface area contributed by atoms with Crippen LogP contribution in [0.4, 0.5) is 23.2 Å². The van der Waals surface area contributed by atoms with Crippen LogP contribution < -0.4 is 4.90 Å². The van der Waals surface area contributed by atoms with Crippen LogP contribution in [0.5, 0.6) is 0 Å². The van der Waals surface area contributed by atoms with Crippen molar-refractivity contribution in [3.63, 3.8) is 0 Å². The van der Waals surface area contributed by atoms with E-state index in [4.69, 9.17) is 4.74 Å². The molecule has 1 aromatic heterocycles. The molecular weight excluding hydrogens is 530 g/mol. The zero-order chi connectivity index (χ0) is 28.4. The van der Waals surface area contributed by atoms with Crippen LogP contribution in [-0.2, 0) is 36.5 Å². The number of benzene rings is 2. The number of carbonyl (C=O) groups is 1. The summed E-state index contributed by atoms with van der Waals surface area (Å²) in [7, 11) is 1.64. The zero-order valence-electron chi connectivity index (χ0n) is 21.7. The van der Waals surface area contributed by atoms with Gasteiger partial charge in [-0.2, -0.15) is 13.2 Å². The van der Waals surface area contributed by atoms with Crippen LogP contribution in [-0.4, -0.2) is 62.6 Å². The predicted molar refractivity (Wildman–Crippen MR) is 136 cm³/mol. The number of fused-ring (bicyclic) bond motifs is 1. The van der Waals surface area contributed by atoms with E-state index in [1.807, 2.05) is 0 Å². The van der Waals surface area contributed by atoms with E-state index in [1.54, 1.807) is 36.2 Å². The predicted octanol–water partition coefficient (Wildman–Crippen LogP) is 3.71. The molecule has 1 atom stereocenters. The Labute approximate surface area is 227 Å². The van der Waals surface area contributed by atoms with Crippen LogP contribution in [0.3, 0.4) is 0 Å². The van der Waals surface area contributed by atoms with Crippen LogP contribution >= 0.6 is 0 Å². The highest BCUT2D eigenvalue weighted by Crippen LogP contribution is 2.47. The highest BCUT2D eigenvalue weighted by Gasteiger charge is 2.51. The number of anilines is 1. The quantitative estimate of drug-likeness (QED) is 0.353. The third kappa shape index (κ3) is 4.21. The summed E-state index contributed by atoms with van der Waals surface area (Å²) >= 11 is 0. The molecule has 0 bridgehead atoms. The number of likely N-dealkylation sites (tertiary alicyclic amines) is 1. The van der Waals surface area contributed by atoms with Gasteiger partial charge < -0.3 is 19.3 Å². The van der Waals surface area contributed by atoms with Gasteiger partial charge in [0.05, 0.1) is 30.7 Å². The Kier molecular flexibility index (Phi) is 6.13. The number of carbonyl (C=O) groups excluding carboxylic acids is 1. The van der Waals surface area contributed by atoms with Gasteiger partial charge in [0.1, 0.15) is 11.9 Å². The molecule has 1 amide bonds. The molecule has 0 saturated carbocycles. The Bertz CT molecular complexity index is 1490. The van der Waals surface area contributed by atoms with E-state index < -0.39 is 34.8 Å². The molecule has 12 heteroatoms. The van der Waals surface area contributed by atoms with Crippen molar-refractivity contribution < 1.29 is 32.2 Å². The fraction of sp³-hybridized carbons (Fsp3) is 0.393. The second-order valence-corrected chi connectivity index (χ2v) is 10.9. The number of rotatable bonds is 7. The van der Waals surface area contributed by atoms with Crippen molar-refractivity contribution in [2.75, 3.05) is 31.2 Å². The van der Waals surface area contributed by atoms with Gasteiger partial charge in [-0.15, -0.1) is 16.8 Å². The number of alkyl halides is 4. The highest BCUT2D eigenvalue weighted by atomic mass is 19.4. The number of aliphatic hydroxyl groups is 1. The average Bonchev–Trinajstić information content (AvgIpc) is 3.44. The van der Waals surface area contributed by atoms with Gasteiger partial charge in [0.2, 0.25) is 0 Å². The molecule has 4 heterocycles. The van der Waals surface area contributed by atoms with Gasteiger partial charge in [0.25, 0.3) is 5.91 Å². The van der Waals surface area contributed by atoms with Crippen molar-refractivity contribution in [2.45, 2.75) is 36.5 Å². The number of aryl methyl sites for hydroxylation is 1. The molecule has 3 aromatic rings. The van der Waals surface area contributed by atoms with E-state index in [0.29, 0.717) is 16.8 Å². The van der Waals surface area contributed by atoms with Gasteiger partial charge in [0, 0.05) is 37.9 Å². The second kappa shape index (κ2) is 9.22. The third-order valence-corrected chi connectivity index (χ3v) is 8.10. The molecule has 2 saturated heterocycles. The van der Waals surface area contributed by atoms with Gasteiger partial charge >= 0.3 is 6.18 Å². The average molecular weight is 558 g/mol. The first-order valence-electron chi connectivity index (χ1n) is 12.7. The van der Waals surface area contributed by atoms with E-state index in [1.165, 1.54) is 27.9 Å². The lowest BCUT2D eigenvalue weighted by molar-refractivity contribution is -0.138. The van der Waals surface area contributed by atoms with E-state index in [2.05, 4.69) is 16.8 Å². The molecule has 40 heavy (non-hydrogen) atoms. The minimum Gasteiger partial charge on any atom is -0.383 e. The maximum Gasteiger partial charge on any atom is 0.416 e. The summed E-state index contributed by atoms with van der Waals surface area (Å²) < 4.78 is 65.2. The molecule has 8 nitrogen and oxygen atoms in total. The first-order chi connectivity index (χ1) is 18.9. The lowest BCUT2D eigenvalue weighted by Crippen LogP contribution is -2.59. The van der Waals surface area contributed by atoms with Crippen LogP contribution in [0.25, 0.3) is 0 Å². The van der Waals surface area contributed by atoms with Gasteiger partial charge in [0.15, 0.2) is 12.0 Å². The van der Waals surface area contributed by atoms with Crippen molar-refractivity contribution in [2.24, 2.45) is 7.05 Å². The Morgan fingerprint density at radius 3 is 2.58 bits per heavy atom. The molecule has 2 aromatic carbocycles. The van der Waals surface area contributed by atoms with Gasteiger partial charge in [-0.3, -0.25) is 9.69 Å². The Balaban J connectivity index is 1.31.